The molecule has 0 saturated heterocycles. The number of carbonyl (C=O) groups excluding carboxylic acids is 2. The van der Waals surface area contributed by atoms with Gasteiger partial charge in [-0.05, 0) is 55.0 Å². The minimum atomic E-state index is -0.655. The lowest BCUT2D eigenvalue weighted by Crippen LogP contribution is -2.20. The molecule has 1 amide bonds. The highest BCUT2D eigenvalue weighted by atomic mass is 35.5. The molecule has 136 valence electrons. The fraction of sp³-hybridized carbons (Fsp3) is 0.158. The van der Waals surface area contributed by atoms with Gasteiger partial charge in [-0.2, -0.15) is 0 Å². The van der Waals surface area contributed by atoms with Crippen LogP contribution in [0.1, 0.15) is 12.5 Å². The highest BCUT2D eigenvalue weighted by molar-refractivity contribution is 6.35. The normalized spacial score (nSPS) is 10.6. The summed E-state index contributed by atoms with van der Waals surface area (Å²) in [5.41, 5.74) is 1.20. The molecule has 0 bridgehead atoms. The molecule has 0 spiro atoms. The third-order valence-corrected chi connectivity index (χ3v) is 3.72. The molecule has 0 fully saturated rings. The smallest absolute Gasteiger partial charge is 0.331 e. The molecule has 0 atom stereocenters. The Labute approximate surface area is 161 Å². The van der Waals surface area contributed by atoms with Gasteiger partial charge >= 0.3 is 5.97 Å². The Kier molecular flexibility index (Phi) is 7.51. The largest absolute Gasteiger partial charge is 0.494 e. The second kappa shape index (κ2) is 9.85. The van der Waals surface area contributed by atoms with Gasteiger partial charge in [0.15, 0.2) is 6.61 Å². The van der Waals surface area contributed by atoms with Crippen molar-refractivity contribution < 1.29 is 19.1 Å². The van der Waals surface area contributed by atoms with E-state index in [9.17, 15) is 9.59 Å². The number of hydrogen-bond donors (Lipinski definition) is 1. The average Bonchev–Trinajstić information content (AvgIpc) is 2.61. The van der Waals surface area contributed by atoms with Gasteiger partial charge in [0, 0.05) is 21.8 Å². The molecule has 0 aliphatic heterocycles. The van der Waals surface area contributed by atoms with E-state index < -0.39 is 18.5 Å². The van der Waals surface area contributed by atoms with Crippen molar-refractivity contribution in [3.63, 3.8) is 0 Å². The molecule has 0 aromatic heterocycles. The summed E-state index contributed by atoms with van der Waals surface area (Å²) < 4.78 is 10.2. The van der Waals surface area contributed by atoms with Crippen molar-refractivity contribution in [2.45, 2.75) is 6.92 Å². The predicted molar refractivity (Wildman–Crippen MR) is 103 cm³/mol. The number of carbonyl (C=O) groups is 2. The predicted octanol–water partition coefficient (Wildman–Crippen LogP) is 4.59. The molecule has 2 aromatic carbocycles. The minimum absolute atomic E-state index is 0.398. The molecule has 0 aliphatic rings. The third-order valence-electron chi connectivity index (χ3n) is 3.16. The van der Waals surface area contributed by atoms with Crippen LogP contribution in [0, 0.1) is 0 Å². The lowest BCUT2D eigenvalue weighted by atomic mass is 10.2. The first-order valence-corrected chi connectivity index (χ1v) is 8.56. The highest BCUT2D eigenvalue weighted by Crippen LogP contribution is 2.22. The Morgan fingerprint density at radius 1 is 1.12 bits per heavy atom. The fourth-order valence-electron chi connectivity index (χ4n) is 1.98. The summed E-state index contributed by atoms with van der Waals surface area (Å²) in [6.07, 6.45) is 2.69. The summed E-state index contributed by atoms with van der Waals surface area (Å²) in [6, 6.07) is 11.8. The molecule has 0 unspecified atom stereocenters. The van der Waals surface area contributed by atoms with Gasteiger partial charge in [-0.1, -0.05) is 29.3 Å². The van der Waals surface area contributed by atoms with Gasteiger partial charge in [0.2, 0.25) is 0 Å². The van der Waals surface area contributed by atoms with Crippen molar-refractivity contribution in [2.24, 2.45) is 0 Å². The molecule has 26 heavy (non-hydrogen) atoms. The topological polar surface area (TPSA) is 64.6 Å². The van der Waals surface area contributed by atoms with Crippen LogP contribution in [0.3, 0.4) is 0 Å². The van der Waals surface area contributed by atoms with E-state index in [-0.39, 0.29) is 0 Å². The first-order chi connectivity index (χ1) is 12.5. The second-order valence-corrected chi connectivity index (χ2v) is 5.96. The van der Waals surface area contributed by atoms with E-state index in [1.165, 1.54) is 12.2 Å². The van der Waals surface area contributed by atoms with Gasteiger partial charge in [-0.3, -0.25) is 4.79 Å². The van der Waals surface area contributed by atoms with E-state index in [4.69, 9.17) is 32.7 Å². The van der Waals surface area contributed by atoms with Crippen LogP contribution in [0.25, 0.3) is 6.08 Å². The molecule has 5 nitrogen and oxygen atoms in total. The van der Waals surface area contributed by atoms with Crippen LogP contribution in [0.5, 0.6) is 5.75 Å². The summed E-state index contributed by atoms with van der Waals surface area (Å²) in [7, 11) is 0. The summed E-state index contributed by atoms with van der Waals surface area (Å²) in [4.78, 5) is 23.5. The van der Waals surface area contributed by atoms with E-state index in [0.29, 0.717) is 33.7 Å². The minimum Gasteiger partial charge on any atom is -0.494 e. The molecular formula is C19H17Cl2NO4. The lowest BCUT2D eigenvalue weighted by Gasteiger charge is -2.07. The molecule has 7 heteroatoms. The second-order valence-electron chi connectivity index (χ2n) is 5.11. The Morgan fingerprint density at radius 3 is 2.50 bits per heavy atom. The van der Waals surface area contributed by atoms with Crippen LogP contribution in [0.2, 0.25) is 10.0 Å². The van der Waals surface area contributed by atoms with Gasteiger partial charge in [0.25, 0.3) is 5.91 Å². The molecule has 1 N–H and O–H groups in total. The zero-order chi connectivity index (χ0) is 18.9. The maximum absolute atomic E-state index is 11.8. The summed E-state index contributed by atoms with van der Waals surface area (Å²) in [6.45, 7) is 2.06. The zero-order valence-electron chi connectivity index (χ0n) is 14.0. The molecule has 0 aliphatic carbocycles. The Morgan fingerprint density at radius 2 is 1.85 bits per heavy atom. The van der Waals surface area contributed by atoms with Crippen molar-refractivity contribution in [1.29, 1.82) is 0 Å². The summed E-state index contributed by atoms with van der Waals surface area (Å²) in [5.74, 6) is -0.388. The van der Waals surface area contributed by atoms with Crippen molar-refractivity contribution >= 4 is 46.8 Å². The van der Waals surface area contributed by atoms with Gasteiger partial charge in [0.05, 0.1) is 6.61 Å². The van der Waals surface area contributed by atoms with Crippen LogP contribution in [0.15, 0.2) is 48.5 Å². The molecule has 0 heterocycles. The number of rotatable bonds is 7. The average molecular weight is 394 g/mol. The molecular weight excluding hydrogens is 377 g/mol. The van der Waals surface area contributed by atoms with Crippen molar-refractivity contribution in [2.75, 3.05) is 18.5 Å². The molecule has 0 saturated carbocycles. The van der Waals surface area contributed by atoms with E-state index >= 15 is 0 Å². The Hall–Kier alpha value is -2.50. The van der Waals surface area contributed by atoms with Gasteiger partial charge in [-0.15, -0.1) is 0 Å². The van der Waals surface area contributed by atoms with Crippen LogP contribution in [-0.4, -0.2) is 25.1 Å². The number of amides is 1. The highest BCUT2D eigenvalue weighted by Gasteiger charge is 2.06. The molecule has 2 rings (SSSR count). The number of nitrogens with one attached hydrogen (secondary N) is 1. The summed E-state index contributed by atoms with van der Waals surface area (Å²) >= 11 is 11.8. The number of halogens is 2. The van der Waals surface area contributed by atoms with Crippen LogP contribution in [-0.2, 0) is 14.3 Å². The van der Waals surface area contributed by atoms with E-state index in [1.54, 1.807) is 42.5 Å². The standard InChI is InChI=1S/C19H17Cl2NO4/c1-2-25-16-8-6-15(7-9-16)22-18(23)12-26-19(24)10-4-13-3-5-14(20)11-17(13)21/h3-11H,2,12H2,1H3,(H,22,23)/b10-4+. The number of benzene rings is 2. The van der Waals surface area contributed by atoms with Crippen LogP contribution >= 0.6 is 23.2 Å². The zero-order valence-corrected chi connectivity index (χ0v) is 15.5. The van der Waals surface area contributed by atoms with Gasteiger partial charge in [0.1, 0.15) is 5.75 Å². The quantitative estimate of drug-likeness (QED) is 0.551. The molecule has 2 aromatic rings. The number of esters is 1. The number of anilines is 1. The Bertz CT molecular complexity index is 804. The Balaban J connectivity index is 1.80. The lowest BCUT2D eigenvalue weighted by molar-refractivity contribution is -0.142. The monoisotopic (exact) mass is 393 g/mol. The van der Waals surface area contributed by atoms with E-state index in [0.717, 1.165) is 0 Å². The van der Waals surface area contributed by atoms with Crippen LogP contribution in [0.4, 0.5) is 5.69 Å². The first-order valence-electron chi connectivity index (χ1n) is 7.80. The fourth-order valence-corrected chi connectivity index (χ4v) is 2.45. The van der Waals surface area contributed by atoms with Gasteiger partial charge in [-0.25, -0.2) is 4.79 Å². The van der Waals surface area contributed by atoms with Crippen molar-refractivity contribution in [3.05, 3.63) is 64.1 Å². The first kappa shape index (κ1) is 19.8. The van der Waals surface area contributed by atoms with Crippen molar-refractivity contribution in [1.82, 2.24) is 0 Å². The van der Waals surface area contributed by atoms with Gasteiger partial charge < -0.3 is 14.8 Å². The number of ether oxygens (including phenoxy) is 2. The SMILES string of the molecule is CCOc1ccc(NC(=O)COC(=O)/C=C/c2ccc(Cl)cc2Cl)cc1. The maximum Gasteiger partial charge on any atom is 0.331 e. The summed E-state index contributed by atoms with van der Waals surface area (Å²) in [5, 5.41) is 3.54. The third kappa shape index (κ3) is 6.43. The molecule has 0 radical (unpaired) electrons. The number of hydrogen-bond acceptors (Lipinski definition) is 4. The maximum atomic E-state index is 11.8. The van der Waals surface area contributed by atoms with Crippen LogP contribution < -0.4 is 10.1 Å². The van der Waals surface area contributed by atoms with E-state index in [2.05, 4.69) is 5.32 Å². The van der Waals surface area contributed by atoms with E-state index in [1.807, 2.05) is 6.92 Å². The van der Waals surface area contributed by atoms with Crippen molar-refractivity contribution in [3.8, 4) is 5.75 Å².